The van der Waals surface area contributed by atoms with Crippen LogP contribution in [0.25, 0.3) is 0 Å². The van der Waals surface area contributed by atoms with Crippen molar-refractivity contribution < 1.29 is 0 Å². The summed E-state index contributed by atoms with van der Waals surface area (Å²) in [4.78, 5) is 0. The molecule has 0 radical (unpaired) electrons. The third kappa shape index (κ3) is 5.09. The molecule has 184 valence electrons. The number of rotatable bonds is 5. The van der Waals surface area contributed by atoms with Gasteiger partial charge in [0.25, 0.3) is 0 Å². The predicted molar refractivity (Wildman–Crippen MR) is 149 cm³/mol. The minimum Gasteiger partial charge on any atom is -0.0776 e. The van der Waals surface area contributed by atoms with Crippen LogP contribution in [0.2, 0.25) is 0 Å². The molecule has 0 bridgehead atoms. The molecule has 0 N–H and O–H groups in total. The Hall–Kier alpha value is -2.08. The van der Waals surface area contributed by atoms with Crippen molar-refractivity contribution in [3.05, 3.63) is 94.6 Å². The van der Waals surface area contributed by atoms with Gasteiger partial charge in [-0.25, -0.2) is 0 Å². The average molecular weight is 465 g/mol. The van der Waals surface area contributed by atoms with E-state index in [9.17, 15) is 0 Å². The van der Waals surface area contributed by atoms with E-state index in [-0.39, 0.29) is 0 Å². The van der Waals surface area contributed by atoms with E-state index in [1.807, 2.05) is 0 Å². The van der Waals surface area contributed by atoms with Gasteiger partial charge in [0, 0.05) is 0 Å². The molecule has 3 fully saturated rings. The lowest BCUT2D eigenvalue weighted by Crippen LogP contribution is -2.32. The maximum Gasteiger partial charge on any atom is -0.00258 e. The molecule has 0 spiro atoms. The van der Waals surface area contributed by atoms with E-state index in [0.29, 0.717) is 5.92 Å². The quantitative estimate of drug-likeness (QED) is 0.413. The molecule has 0 aromatic heterocycles. The molecule has 2 aromatic carbocycles. The summed E-state index contributed by atoms with van der Waals surface area (Å²) in [5.41, 5.74) is 7.47. The van der Waals surface area contributed by atoms with Gasteiger partial charge >= 0.3 is 0 Å². The number of aryl methyl sites for hydroxylation is 1. The van der Waals surface area contributed by atoms with Crippen molar-refractivity contribution in [1.29, 1.82) is 0 Å². The van der Waals surface area contributed by atoms with Crippen molar-refractivity contribution in [2.24, 2.45) is 35.5 Å². The lowest BCUT2D eigenvalue weighted by Gasteiger charge is -2.42. The third-order valence-electron chi connectivity index (χ3n) is 10.3. The minimum absolute atomic E-state index is 0.662. The summed E-state index contributed by atoms with van der Waals surface area (Å²) in [7, 11) is 0. The third-order valence-corrected chi connectivity index (χ3v) is 10.3. The first kappa shape index (κ1) is 23.3. The van der Waals surface area contributed by atoms with Crippen LogP contribution in [0.4, 0.5) is 0 Å². The maximum absolute atomic E-state index is 2.55. The first-order valence-corrected chi connectivity index (χ1v) is 14.7. The Balaban J connectivity index is 1.05. The smallest absolute Gasteiger partial charge is 0.00258 e. The van der Waals surface area contributed by atoms with Crippen LogP contribution in [0.5, 0.6) is 0 Å². The zero-order valence-electron chi connectivity index (χ0n) is 22.0. The van der Waals surface area contributed by atoms with Gasteiger partial charge in [-0.1, -0.05) is 92.1 Å². The van der Waals surface area contributed by atoms with Crippen molar-refractivity contribution in [2.45, 2.75) is 84.0 Å². The second kappa shape index (κ2) is 10.1. The Kier molecular flexibility index (Phi) is 6.74. The fourth-order valence-corrected chi connectivity index (χ4v) is 8.38. The first-order chi connectivity index (χ1) is 17.1. The SMILES string of the molecule is Cc1ccc(Cc2ccc(C3CCC(C4CCCC5CC(C6=CC(C)C=C6)CC54)CC3)cc2)cc1. The number of fused-ring (bicyclic) bond motifs is 1. The largest absolute Gasteiger partial charge is 0.0776 e. The molecule has 4 aliphatic rings. The van der Waals surface area contributed by atoms with Crippen LogP contribution in [-0.4, -0.2) is 0 Å². The normalized spacial score (nSPS) is 34.6. The summed E-state index contributed by atoms with van der Waals surface area (Å²) in [6.07, 6.45) is 21.7. The molecule has 4 aliphatic carbocycles. The van der Waals surface area contributed by atoms with E-state index in [0.717, 1.165) is 41.9 Å². The van der Waals surface area contributed by atoms with Gasteiger partial charge in [0.2, 0.25) is 0 Å². The summed E-state index contributed by atoms with van der Waals surface area (Å²) >= 11 is 0. The summed E-state index contributed by atoms with van der Waals surface area (Å²) in [5.74, 6) is 6.34. The minimum atomic E-state index is 0.662. The molecular weight excluding hydrogens is 420 g/mol. The molecule has 3 saturated carbocycles. The molecule has 5 unspecified atom stereocenters. The Morgan fingerprint density at radius 2 is 1.40 bits per heavy atom. The van der Waals surface area contributed by atoms with Gasteiger partial charge in [-0.2, -0.15) is 0 Å². The van der Waals surface area contributed by atoms with Crippen molar-refractivity contribution >= 4 is 0 Å². The molecule has 0 saturated heterocycles. The van der Waals surface area contributed by atoms with Gasteiger partial charge in [0.1, 0.15) is 0 Å². The summed E-state index contributed by atoms with van der Waals surface area (Å²) < 4.78 is 0. The number of benzene rings is 2. The van der Waals surface area contributed by atoms with Gasteiger partial charge in [0.15, 0.2) is 0 Å². The van der Waals surface area contributed by atoms with E-state index < -0.39 is 0 Å². The molecule has 2 aromatic rings. The average Bonchev–Trinajstić information content (AvgIpc) is 3.52. The Labute approximate surface area is 213 Å². The second-order valence-corrected chi connectivity index (χ2v) is 12.6. The van der Waals surface area contributed by atoms with Crippen molar-refractivity contribution in [3.8, 4) is 0 Å². The van der Waals surface area contributed by atoms with Crippen LogP contribution in [0.3, 0.4) is 0 Å². The molecular formula is C35H44. The zero-order valence-corrected chi connectivity index (χ0v) is 22.0. The van der Waals surface area contributed by atoms with Crippen molar-refractivity contribution in [3.63, 3.8) is 0 Å². The number of allylic oxidation sites excluding steroid dienone is 4. The molecule has 0 amide bonds. The van der Waals surface area contributed by atoms with Gasteiger partial charge in [0.05, 0.1) is 0 Å². The Bertz CT molecular complexity index is 1040. The van der Waals surface area contributed by atoms with Crippen LogP contribution >= 0.6 is 0 Å². The molecule has 35 heavy (non-hydrogen) atoms. The molecule has 0 aliphatic heterocycles. The number of hydrogen-bond donors (Lipinski definition) is 0. The van der Waals surface area contributed by atoms with Crippen LogP contribution in [0.15, 0.2) is 72.3 Å². The molecule has 0 heterocycles. The van der Waals surface area contributed by atoms with Gasteiger partial charge in [-0.3, -0.25) is 0 Å². The van der Waals surface area contributed by atoms with E-state index in [2.05, 4.69) is 80.6 Å². The van der Waals surface area contributed by atoms with Crippen molar-refractivity contribution in [1.82, 2.24) is 0 Å². The van der Waals surface area contributed by atoms with Crippen LogP contribution < -0.4 is 0 Å². The lowest BCUT2D eigenvalue weighted by molar-refractivity contribution is 0.0946. The lowest BCUT2D eigenvalue weighted by atomic mass is 9.63. The highest BCUT2D eigenvalue weighted by Crippen LogP contribution is 2.55. The van der Waals surface area contributed by atoms with E-state index in [1.54, 1.807) is 11.1 Å². The van der Waals surface area contributed by atoms with Gasteiger partial charge in [-0.15, -0.1) is 0 Å². The molecule has 0 heteroatoms. The Morgan fingerprint density at radius 3 is 2.09 bits per heavy atom. The topological polar surface area (TPSA) is 0 Å². The Morgan fingerprint density at radius 1 is 0.686 bits per heavy atom. The second-order valence-electron chi connectivity index (χ2n) is 12.6. The first-order valence-electron chi connectivity index (χ1n) is 14.7. The maximum atomic E-state index is 2.55. The highest BCUT2D eigenvalue weighted by molar-refractivity contribution is 5.33. The monoisotopic (exact) mass is 464 g/mol. The molecule has 0 nitrogen and oxygen atoms in total. The number of hydrogen-bond acceptors (Lipinski definition) is 0. The highest BCUT2D eigenvalue weighted by Gasteiger charge is 2.44. The van der Waals surface area contributed by atoms with Gasteiger partial charge < -0.3 is 0 Å². The summed E-state index contributed by atoms with van der Waals surface area (Å²) in [5, 5.41) is 0. The van der Waals surface area contributed by atoms with Gasteiger partial charge in [-0.05, 0) is 122 Å². The van der Waals surface area contributed by atoms with Crippen molar-refractivity contribution in [2.75, 3.05) is 0 Å². The summed E-state index contributed by atoms with van der Waals surface area (Å²) in [6, 6.07) is 18.7. The van der Waals surface area contributed by atoms with E-state index >= 15 is 0 Å². The van der Waals surface area contributed by atoms with Crippen LogP contribution in [-0.2, 0) is 6.42 Å². The molecule has 5 atom stereocenters. The predicted octanol–water partition coefficient (Wildman–Crippen LogP) is 9.43. The standard InChI is InChI=1S/C35H44/c1-24-6-9-26(10-7-24)21-27-11-14-28(15-12-27)29-16-18-30(19-17-29)34-5-3-4-32-22-33(23-35(32)34)31-13-8-25(2)20-31/h6-15,20,25,29-30,32-35H,3-5,16-19,21-23H2,1-2H3. The van der Waals surface area contributed by atoms with E-state index in [4.69, 9.17) is 0 Å². The fourth-order valence-electron chi connectivity index (χ4n) is 8.38. The fraction of sp³-hybridized carbons (Fsp3) is 0.543. The summed E-state index contributed by atoms with van der Waals surface area (Å²) in [6.45, 7) is 4.50. The molecule has 6 rings (SSSR count). The van der Waals surface area contributed by atoms with Crippen LogP contribution in [0.1, 0.15) is 92.9 Å². The highest BCUT2D eigenvalue weighted by atomic mass is 14.5. The van der Waals surface area contributed by atoms with E-state index in [1.165, 1.54) is 74.5 Å². The van der Waals surface area contributed by atoms with Crippen LogP contribution in [0, 0.1) is 42.4 Å². The zero-order chi connectivity index (χ0) is 23.8.